The van der Waals surface area contributed by atoms with Crippen molar-refractivity contribution in [1.82, 2.24) is 10.3 Å². The molecule has 0 aromatic carbocycles. The summed E-state index contributed by atoms with van der Waals surface area (Å²) in [5, 5.41) is 2.32. The average molecular weight is 309 g/mol. The zero-order chi connectivity index (χ0) is 12.2. The highest BCUT2D eigenvalue weighted by molar-refractivity contribution is 9.10. The maximum absolute atomic E-state index is 11.4. The number of nitrogens with one attached hydrogen (secondary N) is 1. The number of hydrogen-bond donors (Lipinski definition) is 2. The van der Waals surface area contributed by atoms with E-state index >= 15 is 0 Å². The SMILES string of the molecule is O=C(NCCS(=O)(=O)O)c1cc(Br)ccn1. The predicted octanol–water partition coefficient (Wildman–Crippen LogP) is 0.462. The minimum absolute atomic E-state index is 0.161. The third kappa shape index (κ3) is 4.69. The summed E-state index contributed by atoms with van der Waals surface area (Å²) < 4.78 is 29.9. The van der Waals surface area contributed by atoms with Crippen molar-refractivity contribution >= 4 is 32.0 Å². The van der Waals surface area contributed by atoms with Crippen molar-refractivity contribution in [3.05, 3.63) is 28.5 Å². The number of carbonyl (C=O) groups excluding carboxylic acids is 1. The second-order valence-electron chi connectivity index (χ2n) is 2.90. The molecule has 0 unspecified atom stereocenters. The van der Waals surface area contributed by atoms with Crippen LogP contribution in [0.5, 0.6) is 0 Å². The van der Waals surface area contributed by atoms with Crippen molar-refractivity contribution in [2.24, 2.45) is 0 Å². The standard InChI is InChI=1S/C8H9BrN2O4S/c9-6-1-2-10-7(5-6)8(12)11-3-4-16(13,14)15/h1-2,5H,3-4H2,(H,11,12)(H,13,14,15). The Hall–Kier alpha value is -0.990. The van der Waals surface area contributed by atoms with Gasteiger partial charge in [-0.05, 0) is 12.1 Å². The Morgan fingerprint density at radius 3 is 2.81 bits per heavy atom. The number of aromatic nitrogens is 1. The monoisotopic (exact) mass is 308 g/mol. The van der Waals surface area contributed by atoms with E-state index in [2.05, 4.69) is 26.2 Å². The molecule has 1 amide bonds. The fourth-order valence-corrected chi connectivity index (χ4v) is 1.61. The Morgan fingerprint density at radius 1 is 1.56 bits per heavy atom. The smallest absolute Gasteiger partial charge is 0.269 e. The van der Waals surface area contributed by atoms with Crippen LogP contribution in [0.25, 0.3) is 0 Å². The first-order valence-corrected chi connectivity index (χ1v) is 6.63. The molecule has 0 saturated heterocycles. The van der Waals surface area contributed by atoms with E-state index in [4.69, 9.17) is 4.55 Å². The van der Waals surface area contributed by atoms with E-state index in [1.165, 1.54) is 12.3 Å². The lowest BCUT2D eigenvalue weighted by atomic mass is 10.3. The molecule has 2 N–H and O–H groups in total. The molecule has 0 spiro atoms. The van der Waals surface area contributed by atoms with Gasteiger partial charge < -0.3 is 5.32 Å². The number of hydrogen-bond acceptors (Lipinski definition) is 4. The van der Waals surface area contributed by atoms with Gasteiger partial charge >= 0.3 is 0 Å². The first-order valence-electron chi connectivity index (χ1n) is 4.23. The number of nitrogens with zero attached hydrogens (tertiary/aromatic N) is 1. The molecule has 1 aromatic heterocycles. The van der Waals surface area contributed by atoms with Crippen molar-refractivity contribution in [2.75, 3.05) is 12.3 Å². The first kappa shape index (κ1) is 13.1. The van der Waals surface area contributed by atoms with Crippen LogP contribution >= 0.6 is 15.9 Å². The van der Waals surface area contributed by atoms with Gasteiger partial charge in [-0.2, -0.15) is 8.42 Å². The maximum Gasteiger partial charge on any atom is 0.269 e. The number of rotatable bonds is 4. The summed E-state index contributed by atoms with van der Waals surface area (Å²) in [4.78, 5) is 15.2. The molecule has 0 aliphatic carbocycles. The zero-order valence-corrected chi connectivity index (χ0v) is 10.5. The Balaban J connectivity index is 2.54. The predicted molar refractivity (Wildman–Crippen MR) is 60.7 cm³/mol. The summed E-state index contributed by atoms with van der Waals surface area (Å²) in [5.74, 6) is -1.02. The van der Waals surface area contributed by atoms with Gasteiger partial charge in [-0.1, -0.05) is 15.9 Å². The molecule has 0 atom stereocenters. The van der Waals surface area contributed by atoms with Gasteiger partial charge in [0.05, 0.1) is 5.75 Å². The van der Waals surface area contributed by atoms with Crippen LogP contribution < -0.4 is 5.32 Å². The van der Waals surface area contributed by atoms with E-state index in [-0.39, 0.29) is 12.2 Å². The summed E-state index contributed by atoms with van der Waals surface area (Å²) in [6, 6.07) is 3.16. The molecule has 0 bridgehead atoms. The Labute approximate surface area is 101 Å². The van der Waals surface area contributed by atoms with E-state index in [1.807, 2.05) is 0 Å². The van der Waals surface area contributed by atoms with Crippen LogP contribution in [0.2, 0.25) is 0 Å². The minimum Gasteiger partial charge on any atom is -0.350 e. The number of pyridine rings is 1. The number of halogens is 1. The van der Waals surface area contributed by atoms with Crippen molar-refractivity contribution in [3.8, 4) is 0 Å². The van der Waals surface area contributed by atoms with Crippen LogP contribution in [0.15, 0.2) is 22.8 Å². The third-order valence-electron chi connectivity index (χ3n) is 1.60. The minimum atomic E-state index is -4.05. The molecule has 16 heavy (non-hydrogen) atoms. The van der Waals surface area contributed by atoms with Gasteiger partial charge in [-0.25, -0.2) is 0 Å². The third-order valence-corrected chi connectivity index (χ3v) is 2.81. The van der Waals surface area contributed by atoms with Gasteiger partial charge in [0.1, 0.15) is 5.69 Å². The highest BCUT2D eigenvalue weighted by atomic mass is 79.9. The number of amides is 1. The molecule has 0 aliphatic rings. The largest absolute Gasteiger partial charge is 0.350 e. The maximum atomic E-state index is 11.4. The van der Waals surface area contributed by atoms with Gasteiger partial charge in [0, 0.05) is 17.2 Å². The second kappa shape index (κ2) is 5.37. The van der Waals surface area contributed by atoms with E-state index in [1.54, 1.807) is 6.07 Å². The highest BCUT2D eigenvalue weighted by Gasteiger charge is 2.09. The van der Waals surface area contributed by atoms with E-state index in [0.29, 0.717) is 4.47 Å². The molecule has 1 aromatic rings. The Kier molecular flexibility index (Phi) is 4.39. The average Bonchev–Trinajstić information content (AvgIpc) is 2.15. The van der Waals surface area contributed by atoms with Gasteiger partial charge in [0.25, 0.3) is 16.0 Å². The van der Waals surface area contributed by atoms with Crippen LogP contribution in [0, 0.1) is 0 Å². The normalized spacial score (nSPS) is 11.1. The lowest BCUT2D eigenvalue weighted by Crippen LogP contribution is -2.29. The van der Waals surface area contributed by atoms with Crippen molar-refractivity contribution in [1.29, 1.82) is 0 Å². The molecule has 0 radical (unpaired) electrons. The van der Waals surface area contributed by atoms with Gasteiger partial charge in [-0.15, -0.1) is 0 Å². The fourth-order valence-electron chi connectivity index (χ4n) is 0.913. The summed E-state index contributed by atoms with van der Waals surface area (Å²) in [7, 11) is -4.05. The molecule has 88 valence electrons. The Bertz CT molecular complexity index is 489. The van der Waals surface area contributed by atoms with Crippen molar-refractivity contribution in [3.63, 3.8) is 0 Å². The van der Waals surface area contributed by atoms with Crippen LogP contribution in [-0.2, 0) is 10.1 Å². The Morgan fingerprint density at radius 2 is 2.25 bits per heavy atom. The van der Waals surface area contributed by atoms with Gasteiger partial charge in [0.15, 0.2) is 0 Å². The molecule has 6 nitrogen and oxygen atoms in total. The lowest BCUT2D eigenvalue weighted by molar-refractivity contribution is 0.0951. The molecule has 8 heteroatoms. The first-order chi connectivity index (χ1) is 7.38. The molecular formula is C8H9BrN2O4S. The highest BCUT2D eigenvalue weighted by Crippen LogP contribution is 2.08. The van der Waals surface area contributed by atoms with Crippen LogP contribution in [0.1, 0.15) is 10.5 Å². The second-order valence-corrected chi connectivity index (χ2v) is 5.39. The van der Waals surface area contributed by atoms with E-state index in [9.17, 15) is 13.2 Å². The summed E-state index contributed by atoms with van der Waals surface area (Å²) in [6.07, 6.45) is 1.45. The summed E-state index contributed by atoms with van der Waals surface area (Å²) in [5.41, 5.74) is 0.171. The van der Waals surface area contributed by atoms with Gasteiger partial charge in [0.2, 0.25) is 0 Å². The molecule has 1 heterocycles. The summed E-state index contributed by atoms with van der Waals surface area (Å²) in [6.45, 7) is -0.161. The van der Waals surface area contributed by atoms with E-state index in [0.717, 1.165) is 0 Å². The lowest BCUT2D eigenvalue weighted by Gasteiger charge is -2.03. The quantitative estimate of drug-likeness (QED) is 0.788. The van der Waals surface area contributed by atoms with E-state index < -0.39 is 21.8 Å². The van der Waals surface area contributed by atoms with Crippen LogP contribution in [0.3, 0.4) is 0 Å². The zero-order valence-electron chi connectivity index (χ0n) is 8.05. The van der Waals surface area contributed by atoms with Gasteiger partial charge in [-0.3, -0.25) is 14.3 Å². The fraction of sp³-hybridized carbons (Fsp3) is 0.250. The molecular weight excluding hydrogens is 300 g/mol. The number of carbonyl (C=O) groups is 1. The molecule has 0 fully saturated rings. The van der Waals surface area contributed by atoms with Crippen LogP contribution in [-0.4, -0.2) is 36.2 Å². The van der Waals surface area contributed by atoms with Crippen LogP contribution in [0.4, 0.5) is 0 Å². The topological polar surface area (TPSA) is 96.4 Å². The molecule has 0 aliphatic heterocycles. The van der Waals surface area contributed by atoms with Crippen molar-refractivity contribution in [2.45, 2.75) is 0 Å². The summed E-state index contributed by atoms with van der Waals surface area (Å²) >= 11 is 3.17. The van der Waals surface area contributed by atoms with Crippen molar-refractivity contribution < 1.29 is 17.8 Å². The molecule has 0 saturated carbocycles. The molecule has 1 rings (SSSR count).